The Morgan fingerprint density at radius 3 is 1.71 bits per heavy atom. The highest BCUT2D eigenvalue weighted by molar-refractivity contribution is 5.81. The zero-order valence-electron chi connectivity index (χ0n) is 18.4. The highest BCUT2D eigenvalue weighted by Gasteiger charge is 2.09. The van der Waals surface area contributed by atoms with Gasteiger partial charge in [0.25, 0.3) is 0 Å². The Balaban J connectivity index is 0. The number of hydrogen-bond acceptors (Lipinski definition) is 4. The van der Waals surface area contributed by atoms with Crippen LogP contribution in [0.5, 0.6) is 0 Å². The second kappa shape index (κ2) is 23.7. The van der Waals surface area contributed by atoms with E-state index in [1.165, 1.54) is 70.3 Å². The molecule has 0 heterocycles. The van der Waals surface area contributed by atoms with E-state index in [2.05, 4.69) is 20.4 Å². The van der Waals surface area contributed by atoms with Crippen LogP contribution in [0.25, 0.3) is 0 Å². The lowest BCUT2D eigenvalue weighted by Crippen LogP contribution is -2.29. The van der Waals surface area contributed by atoms with E-state index in [-0.39, 0.29) is 5.97 Å². The van der Waals surface area contributed by atoms with E-state index >= 15 is 0 Å². The van der Waals surface area contributed by atoms with Gasteiger partial charge >= 0.3 is 11.9 Å². The zero-order chi connectivity index (χ0) is 21.5. The van der Waals surface area contributed by atoms with Crippen molar-refractivity contribution in [2.24, 2.45) is 5.73 Å². The molecule has 5 heteroatoms. The maximum atomic E-state index is 10.7. The van der Waals surface area contributed by atoms with Gasteiger partial charge in [0.05, 0.1) is 6.61 Å². The van der Waals surface area contributed by atoms with Gasteiger partial charge in [-0.1, -0.05) is 104 Å². The van der Waals surface area contributed by atoms with Crippen LogP contribution in [0, 0.1) is 0 Å². The summed E-state index contributed by atoms with van der Waals surface area (Å²) in [6, 6.07) is -0.661. The normalized spacial score (nSPS) is 11.2. The molecule has 0 fully saturated rings. The lowest BCUT2D eigenvalue weighted by Gasteiger charge is -2.05. The molecular weight excluding hydrogens is 354 g/mol. The molecule has 0 saturated carbocycles. The Bertz CT molecular complexity index is 372. The van der Waals surface area contributed by atoms with Crippen LogP contribution in [0.3, 0.4) is 0 Å². The first-order valence-electron chi connectivity index (χ1n) is 11.3. The second-order valence-corrected chi connectivity index (χ2v) is 7.35. The van der Waals surface area contributed by atoms with E-state index in [1.807, 2.05) is 0 Å². The number of nitrogens with two attached hydrogens (primary N) is 1. The molecule has 0 spiro atoms. The Morgan fingerprint density at radius 2 is 1.29 bits per heavy atom. The summed E-state index contributed by atoms with van der Waals surface area (Å²) in [4.78, 5) is 21.0. The first kappa shape index (κ1) is 28.8. The van der Waals surface area contributed by atoms with E-state index < -0.39 is 12.0 Å². The van der Waals surface area contributed by atoms with Crippen LogP contribution in [0.15, 0.2) is 12.7 Å². The van der Waals surface area contributed by atoms with Crippen molar-refractivity contribution >= 4 is 11.9 Å². The summed E-state index contributed by atoms with van der Waals surface area (Å²) in [5, 5.41) is 8.50. The van der Waals surface area contributed by atoms with Crippen molar-refractivity contribution in [3.05, 3.63) is 12.7 Å². The van der Waals surface area contributed by atoms with Crippen LogP contribution in [0.4, 0.5) is 0 Å². The van der Waals surface area contributed by atoms with Gasteiger partial charge in [-0.15, -0.1) is 0 Å². The van der Waals surface area contributed by atoms with Gasteiger partial charge in [0.15, 0.2) is 0 Å². The van der Waals surface area contributed by atoms with Crippen molar-refractivity contribution < 1.29 is 19.4 Å². The van der Waals surface area contributed by atoms with Crippen molar-refractivity contribution in [3.63, 3.8) is 0 Å². The average Bonchev–Trinajstić information content (AvgIpc) is 2.69. The van der Waals surface area contributed by atoms with Gasteiger partial charge in [-0.05, 0) is 12.8 Å². The van der Waals surface area contributed by atoms with E-state index in [9.17, 15) is 9.59 Å². The molecule has 0 aromatic rings. The van der Waals surface area contributed by atoms with Gasteiger partial charge in [-0.25, -0.2) is 4.79 Å². The summed E-state index contributed by atoms with van der Waals surface area (Å²) in [5.41, 5.74) is 5.36. The van der Waals surface area contributed by atoms with Crippen LogP contribution < -0.4 is 5.73 Å². The molecular formula is C23H45NO4. The molecule has 0 aromatic heterocycles. The van der Waals surface area contributed by atoms with Gasteiger partial charge in [0, 0.05) is 6.08 Å². The highest BCUT2D eigenvalue weighted by atomic mass is 16.5. The van der Waals surface area contributed by atoms with Crippen LogP contribution in [0.2, 0.25) is 0 Å². The monoisotopic (exact) mass is 399 g/mol. The summed E-state index contributed by atoms with van der Waals surface area (Å²) >= 11 is 0. The predicted octanol–water partition coefficient (Wildman–Crippen LogP) is 6.01. The molecule has 5 nitrogen and oxygen atoms in total. The molecule has 1 atom stereocenters. The molecule has 0 bridgehead atoms. The van der Waals surface area contributed by atoms with Gasteiger partial charge in [0.2, 0.25) is 0 Å². The third-order valence-electron chi connectivity index (χ3n) is 4.59. The Kier molecular flexibility index (Phi) is 24.4. The van der Waals surface area contributed by atoms with Crippen molar-refractivity contribution in [1.82, 2.24) is 0 Å². The number of aliphatic carboxylic acids is 1. The number of carboxylic acid groups (broad SMARTS) is 1. The quantitative estimate of drug-likeness (QED) is 0.167. The molecule has 0 saturated heterocycles. The standard InChI is InChI=1S/C13H24O2.C10H21NO2/c1-3-5-6-7-8-9-10-11-12-15-13(14)4-2;1-2-3-4-5-6-7-8-9(11)10(12)13/h4H,2-3,5-12H2,1H3;9H,2-8,11H2,1H3,(H,12,13). The number of ether oxygens (including phenoxy) is 1. The highest BCUT2D eigenvalue weighted by Crippen LogP contribution is 2.09. The summed E-state index contributed by atoms with van der Waals surface area (Å²) < 4.78 is 4.88. The number of rotatable bonds is 18. The molecule has 166 valence electrons. The smallest absolute Gasteiger partial charge is 0.330 e. The maximum Gasteiger partial charge on any atom is 0.330 e. The SMILES string of the molecule is C=CC(=O)OCCCCCCCCCC.CCCCCCCCC(N)C(=O)O. The Morgan fingerprint density at radius 1 is 0.857 bits per heavy atom. The fraction of sp³-hybridized carbons (Fsp3) is 0.826. The number of carboxylic acids is 1. The van der Waals surface area contributed by atoms with Crippen molar-refractivity contribution in [2.75, 3.05) is 6.61 Å². The lowest BCUT2D eigenvalue weighted by molar-refractivity contribution is -0.139. The minimum atomic E-state index is -0.881. The van der Waals surface area contributed by atoms with E-state index in [0.717, 1.165) is 25.7 Å². The summed E-state index contributed by atoms with van der Waals surface area (Å²) in [5.74, 6) is -1.19. The van der Waals surface area contributed by atoms with E-state index in [0.29, 0.717) is 13.0 Å². The third kappa shape index (κ3) is 24.6. The summed E-state index contributed by atoms with van der Waals surface area (Å²) in [7, 11) is 0. The number of carbonyl (C=O) groups is 2. The van der Waals surface area contributed by atoms with Crippen LogP contribution in [-0.2, 0) is 14.3 Å². The summed E-state index contributed by atoms with van der Waals surface area (Å²) in [6.45, 7) is 8.30. The largest absolute Gasteiger partial charge is 0.480 e. The summed E-state index contributed by atoms with van der Waals surface area (Å²) in [6.07, 6.45) is 19.0. The van der Waals surface area contributed by atoms with E-state index in [4.69, 9.17) is 15.6 Å². The molecule has 0 amide bonds. The fourth-order valence-electron chi connectivity index (χ4n) is 2.74. The van der Waals surface area contributed by atoms with Crippen LogP contribution >= 0.6 is 0 Å². The zero-order valence-corrected chi connectivity index (χ0v) is 18.4. The molecule has 3 N–H and O–H groups in total. The Hall–Kier alpha value is -1.36. The number of esters is 1. The first-order valence-corrected chi connectivity index (χ1v) is 11.3. The molecule has 0 aliphatic heterocycles. The average molecular weight is 400 g/mol. The molecule has 28 heavy (non-hydrogen) atoms. The number of unbranched alkanes of at least 4 members (excludes halogenated alkanes) is 12. The maximum absolute atomic E-state index is 10.7. The third-order valence-corrected chi connectivity index (χ3v) is 4.59. The second-order valence-electron chi connectivity index (χ2n) is 7.35. The fourth-order valence-corrected chi connectivity index (χ4v) is 2.74. The van der Waals surface area contributed by atoms with Crippen LogP contribution in [0.1, 0.15) is 110 Å². The minimum Gasteiger partial charge on any atom is -0.480 e. The van der Waals surface area contributed by atoms with Crippen molar-refractivity contribution in [1.29, 1.82) is 0 Å². The molecule has 0 aliphatic carbocycles. The predicted molar refractivity (Wildman–Crippen MR) is 117 cm³/mol. The number of carbonyl (C=O) groups excluding carboxylic acids is 1. The first-order chi connectivity index (χ1) is 13.5. The molecule has 1 unspecified atom stereocenters. The minimum absolute atomic E-state index is 0.307. The topological polar surface area (TPSA) is 89.6 Å². The van der Waals surface area contributed by atoms with E-state index in [1.54, 1.807) is 0 Å². The van der Waals surface area contributed by atoms with Gasteiger partial charge in [-0.3, -0.25) is 4.79 Å². The van der Waals surface area contributed by atoms with Gasteiger partial charge in [0.1, 0.15) is 6.04 Å². The molecule has 0 aliphatic rings. The number of hydrogen-bond donors (Lipinski definition) is 2. The molecule has 0 radical (unpaired) electrons. The van der Waals surface area contributed by atoms with Crippen molar-refractivity contribution in [3.8, 4) is 0 Å². The molecule has 0 rings (SSSR count). The Labute approximate surface area is 173 Å². The van der Waals surface area contributed by atoms with Crippen LogP contribution in [-0.4, -0.2) is 29.7 Å². The lowest BCUT2D eigenvalue weighted by atomic mass is 10.1. The molecule has 0 aromatic carbocycles. The van der Waals surface area contributed by atoms with Crippen molar-refractivity contribution in [2.45, 2.75) is 116 Å². The van der Waals surface area contributed by atoms with Gasteiger partial charge < -0.3 is 15.6 Å². The van der Waals surface area contributed by atoms with Gasteiger partial charge in [-0.2, -0.15) is 0 Å².